The summed E-state index contributed by atoms with van der Waals surface area (Å²) < 4.78 is 5.41. The van der Waals surface area contributed by atoms with E-state index in [1.54, 1.807) is 11.9 Å². The molecule has 0 unspecified atom stereocenters. The van der Waals surface area contributed by atoms with Gasteiger partial charge in [0.25, 0.3) is 5.91 Å². The van der Waals surface area contributed by atoms with Gasteiger partial charge in [0.15, 0.2) is 0 Å². The molecule has 0 atom stereocenters. The van der Waals surface area contributed by atoms with E-state index in [2.05, 4.69) is 20.4 Å². The van der Waals surface area contributed by atoms with Gasteiger partial charge in [-0.25, -0.2) is 0 Å². The molecule has 2 amide bonds. The lowest BCUT2D eigenvalue weighted by Gasteiger charge is -2.29. The van der Waals surface area contributed by atoms with Crippen LogP contribution in [0, 0.1) is 0 Å². The van der Waals surface area contributed by atoms with E-state index >= 15 is 0 Å². The Labute approximate surface area is 229 Å². The van der Waals surface area contributed by atoms with Gasteiger partial charge in [0.2, 0.25) is 5.91 Å². The van der Waals surface area contributed by atoms with Gasteiger partial charge >= 0.3 is 0 Å². The summed E-state index contributed by atoms with van der Waals surface area (Å²) in [5.74, 6) is -0.103. The van der Waals surface area contributed by atoms with E-state index in [9.17, 15) is 9.59 Å². The molecule has 0 saturated carbocycles. The molecule has 0 aliphatic carbocycles. The van der Waals surface area contributed by atoms with E-state index in [0.29, 0.717) is 12.1 Å². The highest BCUT2D eigenvalue weighted by atomic mass is 16.5. The van der Waals surface area contributed by atoms with Crippen LogP contribution in [0.2, 0.25) is 0 Å². The zero-order valence-corrected chi connectivity index (χ0v) is 22.5. The first-order chi connectivity index (χ1) is 19.0. The van der Waals surface area contributed by atoms with Crippen molar-refractivity contribution in [3.8, 4) is 0 Å². The molecule has 2 aliphatic rings. The number of fused-ring (bicyclic) bond motifs is 1. The second-order valence-electron chi connectivity index (χ2n) is 9.93. The Kier molecular flexibility index (Phi) is 8.36. The number of carbonyl (C=O) groups excluding carboxylic acids is 2. The molecular weight excluding hydrogens is 490 g/mol. The molecule has 8 heteroatoms. The van der Waals surface area contributed by atoms with Crippen molar-refractivity contribution in [2.24, 2.45) is 0 Å². The standard InChI is InChI=1S/C31H35N5O3/c1-34(16-17-36-18-20-39-21-19-36)22-28(37)35(2)25-14-12-24(13-15-25)32-30(23-8-4-3-5-9-23)29-26-10-6-7-11-27(26)33-31(29)38/h3-15,32H,16-22H2,1-2H3,(H,33,38). The molecule has 202 valence electrons. The Morgan fingerprint density at radius 1 is 0.949 bits per heavy atom. The fraction of sp³-hybridized carbons (Fsp3) is 0.290. The molecule has 39 heavy (non-hydrogen) atoms. The zero-order valence-electron chi connectivity index (χ0n) is 22.5. The Balaban J connectivity index is 1.28. The van der Waals surface area contributed by atoms with Crippen LogP contribution < -0.4 is 15.5 Å². The second-order valence-corrected chi connectivity index (χ2v) is 9.93. The molecule has 3 aromatic carbocycles. The van der Waals surface area contributed by atoms with Gasteiger partial charge in [0, 0.05) is 55.9 Å². The third-order valence-electron chi connectivity index (χ3n) is 7.19. The molecule has 2 aliphatic heterocycles. The Morgan fingerprint density at radius 2 is 1.64 bits per heavy atom. The van der Waals surface area contributed by atoms with Crippen molar-refractivity contribution in [1.29, 1.82) is 0 Å². The normalized spacial score (nSPS) is 16.5. The molecule has 0 bridgehead atoms. The number of rotatable bonds is 9. The molecule has 2 N–H and O–H groups in total. The Bertz CT molecular complexity index is 1330. The van der Waals surface area contributed by atoms with Gasteiger partial charge in [-0.05, 0) is 42.9 Å². The van der Waals surface area contributed by atoms with Crippen LogP contribution in [-0.2, 0) is 14.3 Å². The molecule has 1 fully saturated rings. The molecule has 0 spiro atoms. The largest absolute Gasteiger partial charge is 0.379 e. The van der Waals surface area contributed by atoms with Crippen molar-refractivity contribution < 1.29 is 14.3 Å². The number of hydrogen-bond donors (Lipinski definition) is 2. The molecule has 0 radical (unpaired) electrons. The smallest absolute Gasteiger partial charge is 0.258 e. The SMILES string of the molecule is CN(CCN1CCOCC1)CC(=O)N(C)c1ccc(NC(=C2C(=O)Nc3ccccc32)c2ccccc2)cc1. The minimum Gasteiger partial charge on any atom is -0.379 e. The van der Waals surface area contributed by atoms with Gasteiger partial charge in [0.05, 0.1) is 31.0 Å². The number of amides is 2. The number of benzene rings is 3. The van der Waals surface area contributed by atoms with Crippen LogP contribution in [0.3, 0.4) is 0 Å². The van der Waals surface area contributed by atoms with Crippen molar-refractivity contribution in [2.45, 2.75) is 0 Å². The summed E-state index contributed by atoms with van der Waals surface area (Å²) in [7, 11) is 3.78. The van der Waals surface area contributed by atoms with Crippen molar-refractivity contribution in [2.75, 3.05) is 75.6 Å². The highest BCUT2D eigenvalue weighted by molar-refractivity contribution is 6.37. The average Bonchev–Trinajstić information content (AvgIpc) is 3.31. The van der Waals surface area contributed by atoms with E-state index in [0.717, 1.165) is 73.3 Å². The number of nitrogens with zero attached hydrogens (tertiary/aromatic N) is 3. The minimum absolute atomic E-state index is 0.0338. The highest BCUT2D eigenvalue weighted by Gasteiger charge is 2.28. The van der Waals surface area contributed by atoms with Crippen LogP contribution in [-0.4, -0.2) is 81.6 Å². The summed E-state index contributed by atoms with van der Waals surface area (Å²) in [5, 5.41) is 6.45. The lowest BCUT2D eigenvalue weighted by atomic mass is 10.00. The first-order valence-corrected chi connectivity index (χ1v) is 13.3. The van der Waals surface area contributed by atoms with Gasteiger partial charge in [-0.3, -0.25) is 19.4 Å². The van der Waals surface area contributed by atoms with E-state index in [1.165, 1.54) is 0 Å². The van der Waals surface area contributed by atoms with Crippen molar-refractivity contribution >= 4 is 40.1 Å². The second kappa shape index (κ2) is 12.3. The van der Waals surface area contributed by atoms with Crippen molar-refractivity contribution in [1.82, 2.24) is 9.80 Å². The average molecular weight is 526 g/mol. The van der Waals surface area contributed by atoms with Crippen LogP contribution in [0.4, 0.5) is 17.1 Å². The summed E-state index contributed by atoms with van der Waals surface area (Å²) in [5.41, 5.74) is 5.56. The third kappa shape index (κ3) is 6.37. The quantitative estimate of drug-likeness (QED) is 0.414. The molecular formula is C31H35N5O3. The van der Waals surface area contributed by atoms with Crippen LogP contribution in [0.15, 0.2) is 78.9 Å². The molecule has 8 nitrogen and oxygen atoms in total. The molecule has 0 aromatic heterocycles. The lowest BCUT2D eigenvalue weighted by Crippen LogP contribution is -2.43. The number of ether oxygens (including phenoxy) is 1. The molecule has 1 saturated heterocycles. The van der Waals surface area contributed by atoms with Gasteiger partial charge in [-0.15, -0.1) is 0 Å². The number of nitrogens with one attached hydrogen (secondary N) is 2. The lowest BCUT2D eigenvalue weighted by molar-refractivity contribution is -0.119. The summed E-state index contributed by atoms with van der Waals surface area (Å²) >= 11 is 0. The highest BCUT2D eigenvalue weighted by Crippen LogP contribution is 2.37. The van der Waals surface area contributed by atoms with Crippen LogP contribution in [0.1, 0.15) is 11.1 Å². The van der Waals surface area contributed by atoms with E-state index < -0.39 is 0 Å². The first-order valence-electron chi connectivity index (χ1n) is 13.3. The maximum absolute atomic E-state index is 13.0. The fourth-order valence-electron chi connectivity index (χ4n) is 4.86. The molecule has 2 heterocycles. The van der Waals surface area contributed by atoms with Crippen LogP contribution in [0.5, 0.6) is 0 Å². The van der Waals surface area contributed by atoms with Crippen LogP contribution >= 0.6 is 0 Å². The Morgan fingerprint density at radius 3 is 2.38 bits per heavy atom. The van der Waals surface area contributed by atoms with Gasteiger partial charge < -0.3 is 20.3 Å². The van der Waals surface area contributed by atoms with Crippen molar-refractivity contribution in [3.05, 3.63) is 90.0 Å². The van der Waals surface area contributed by atoms with Crippen LogP contribution in [0.25, 0.3) is 11.3 Å². The van der Waals surface area contributed by atoms with Gasteiger partial charge in [0.1, 0.15) is 0 Å². The van der Waals surface area contributed by atoms with Gasteiger partial charge in [-0.2, -0.15) is 0 Å². The van der Waals surface area contributed by atoms with Crippen molar-refractivity contribution in [3.63, 3.8) is 0 Å². The maximum atomic E-state index is 13.0. The number of likely N-dealkylation sites (N-methyl/N-ethyl adjacent to an activating group) is 2. The van der Waals surface area contributed by atoms with E-state index in [4.69, 9.17) is 4.74 Å². The minimum atomic E-state index is -0.137. The first kappa shape index (κ1) is 26.6. The number of carbonyl (C=O) groups is 2. The predicted octanol–water partition coefficient (Wildman–Crippen LogP) is 3.85. The fourth-order valence-corrected chi connectivity index (χ4v) is 4.86. The third-order valence-corrected chi connectivity index (χ3v) is 7.19. The van der Waals surface area contributed by atoms with E-state index in [1.807, 2.05) is 85.9 Å². The summed E-state index contributed by atoms with van der Waals surface area (Å²) in [6.45, 7) is 5.56. The monoisotopic (exact) mass is 525 g/mol. The molecule has 3 aromatic rings. The van der Waals surface area contributed by atoms with Gasteiger partial charge in [-0.1, -0.05) is 48.5 Å². The zero-order chi connectivity index (χ0) is 27.2. The predicted molar refractivity (Wildman–Crippen MR) is 157 cm³/mol. The summed E-state index contributed by atoms with van der Waals surface area (Å²) in [4.78, 5) is 32.1. The number of hydrogen-bond acceptors (Lipinski definition) is 6. The number of para-hydroxylation sites is 1. The molecule has 5 rings (SSSR count). The Hall–Kier alpha value is -3.98. The summed E-state index contributed by atoms with van der Waals surface area (Å²) in [6, 6.07) is 25.3. The van der Waals surface area contributed by atoms with E-state index in [-0.39, 0.29) is 11.8 Å². The summed E-state index contributed by atoms with van der Waals surface area (Å²) in [6.07, 6.45) is 0. The number of anilines is 3. The number of morpholine rings is 1. The topological polar surface area (TPSA) is 77.2 Å². The maximum Gasteiger partial charge on any atom is 0.258 e.